The summed E-state index contributed by atoms with van der Waals surface area (Å²) < 4.78 is 1.40. The summed E-state index contributed by atoms with van der Waals surface area (Å²) in [6.45, 7) is 6.42. The first kappa shape index (κ1) is 17.5. The number of hydrogen-bond donors (Lipinski definition) is 0. The maximum atomic E-state index is 12.4. The van der Waals surface area contributed by atoms with Crippen molar-refractivity contribution in [2.75, 3.05) is 26.2 Å². The molecule has 24 heavy (non-hydrogen) atoms. The standard InChI is InChI=1S/C16H19N7O/c1-12(2)14(8-18)21-3-5-22(6-4-21)16(24)10-23-11-20-13(7-17)15(23)9-19/h11-12,14H,3-6,10H2,1-2H3/t14-/m1/s1. The highest BCUT2D eigenvalue weighted by Gasteiger charge is 2.28. The second-order valence-electron chi connectivity index (χ2n) is 6.03. The summed E-state index contributed by atoms with van der Waals surface area (Å²) in [5.41, 5.74) is 0.137. The minimum Gasteiger partial charge on any atom is -0.339 e. The van der Waals surface area contributed by atoms with Crippen LogP contribution >= 0.6 is 0 Å². The van der Waals surface area contributed by atoms with Crippen LogP contribution in [0.15, 0.2) is 6.33 Å². The molecule has 2 heterocycles. The number of carbonyl (C=O) groups excluding carboxylic acids is 1. The van der Waals surface area contributed by atoms with Gasteiger partial charge in [-0.2, -0.15) is 15.8 Å². The van der Waals surface area contributed by atoms with Gasteiger partial charge in [0.15, 0.2) is 11.4 Å². The van der Waals surface area contributed by atoms with Gasteiger partial charge in [-0.3, -0.25) is 9.69 Å². The third kappa shape index (κ3) is 3.53. The van der Waals surface area contributed by atoms with E-state index in [4.69, 9.17) is 10.5 Å². The maximum Gasteiger partial charge on any atom is 0.242 e. The Labute approximate surface area is 141 Å². The summed E-state index contributed by atoms with van der Waals surface area (Å²) >= 11 is 0. The average molecular weight is 325 g/mol. The van der Waals surface area contributed by atoms with Crippen LogP contribution < -0.4 is 0 Å². The molecule has 0 aromatic carbocycles. The van der Waals surface area contributed by atoms with E-state index in [9.17, 15) is 10.1 Å². The molecule has 8 nitrogen and oxygen atoms in total. The van der Waals surface area contributed by atoms with Gasteiger partial charge in [0.05, 0.1) is 12.4 Å². The number of aromatic nitrogens is 2. The predicted molar refractivity (Wildman–Crippen MR) is 84.0 cm³/mol. The van der Waals surface area contributed by atoms with Crippen LogP contribution in [0.1, 0.15) is 25.2 Å². The fourth-order valence-electron chi connectivity index (χ4n) is 2.85. The molecule has 1 aromatic heterocycles. The highest BCUT2D eigenvalue weighted by Crippen LogP contribution is 2.14. The molecule has 0 bridgehead atoms. The van der Waals surface area contributed by atoms with E-state index < -0.39 is 0 Å². The Kier molecular flexibility index (Phi) is 5.52. The molecule has 1 aliphatic heterocycles. The maximum absolute atomic E-state index is 12.4. The van der Waals surface area contributed by atoms with Crippen molar-refractivity contribution in [3.05, 3.63) is 17.7 Å². The Morgan fingerprint density at radius 3 is 2.38 bits per heavy atom. The van der Waals surface area contributed by atoms with Crippen molar-refractivity contribution in [2.45, 2.75) is 26.4 Å². The van der Waals surface area contributed by atoms with E-state index in [1.54, 1.807) is 4.90 Å². The lowest BCUT2D eigenvalue weighted by Gasteiger charge is -2.38. The molecule has 1 fully saturated rings. The summed E-state index contributed by atoms with van der Waals surface area (Å²) in [7, 11) is 0. The van der Waals surface area contributed by atoms with Crippen LogP contribution in [0.4, 0.5) is 0 Å². The van der Waals surface area contributed by atoms with Crippen molar-refractivity contribution < 1.29 is 4.79 Å². The Morgan fingerprint density at radius 1 is 1.21 bits per heavy atom. The van der Waals surface area contributed by atoms with Crippen LogP contribution in [0.3, 0.4) is 0 Å². The number of rotatable bonds is 4. The minimum absolute atomic E-state index is 0.0105. The van der Waals surface area contributed by atoms with E-state index in [0.717, 1.165) is 0 Å². The van der Waals surface area contributed by atoms with Crippen molar-refractivity contribution in [3.63, 3.8) is 0 Å². The molecule has 1 atom stereocenters. The van der Waals surface area contributed by atoms with Gasteiger partial charge in [0, 0.05) is 26.2 Å². The first-order valence-corrected chi connectivity index (χ1v) is 7.78. The van der Waals surface area contributed by atoms with Gasteiger partial charge in [-0.05, 0) is 5.92 Å². The Morgan fingerprint density at radius 2 is 1.88 bits per heavy atom. The molecule has 0 saturated carbocycles. The first-order chi connectivity index (χ1) is 11.5. The number of amides is 1. The summed E-state index contributed by atoms with van der Waals surface area (Å²) in [4.78, 5) is 20.1. The zero-order valence-electron chi connectivity index (χ0n) is 13.8. The third-order valence-electron chi connectivity index (χ3n) is 4.18. The fraction of sp³-hybridized carbons (Fsp3) is 0.562. The van der Waals surface area contributed by atoms with Crippen LogP contribution in [0.2, 0.25) is 0 Å². The number of nitrogens with zero attached hydrogens (tertiary/aromatic N) is 7. The highest BCUT2D eigenvalue weighted by atomic mass is 16.2. The fourth-order valence-corrected chi connectivity index (χ4v) is 2.85. The highest BCUT2D eigenvalue weighted by molar-refractivity contribution is 5.76. The van der Waals surface area contributed by atoms with Crippen LogP contribution in [0.5, 0.6) is 0 Å². The van der Waals surface area contributed by atoms with Gasteiger partial charge in [0.25, 0.3) is 0 Å². The monoisotopic (exact) mass is 325 g/mol. The zero-order valence-corrected chi connectivity index (χ0v) is 13.8. The Bertz CT molecular complexity index is 723. The molecule has 0 aliphatic carbocycles. The van der Waals surface area contributed by atoms with Crippen LogP contribution in [-0.4, -0.2) is 57.5 Å². The van der Waals surface area contributed by atoms with Crippen molar-refractivity contribution in [1.29, 1.82) is 15.8 Å². The molecule has 1 aliphatic rings. The number of piperazine rings is 1. The molecule has 0 unspecified atom stereocenters. The van der Waals surface area contributed by atoms with Crippen molar-refractivity contribution in [1.82, 2.24) is 19.4 Å². The third-order valence-corrected chi connectivity index (χ3v) is 4.18. The molecule has 1 saturated heterocycles. The summed E-state index contributed by atoms with van der Waals surface area (Å²) in [5.74, 6) is 0.122. The van der Waals surface area contributed by atoms with E-state index in [2.05, 4.69) is 16.0 Å². The lowest BCUT2D eigenvalue weighted by atomic mass is 10.0. The van der Waals surface area contributed by atoms with E-state index >= 15 is 0 Å². The van der Waals surface area contributed by atoms with Crippen molar-refractivity contribution in [2.24, 2.45) is 5.92 Å². The smallest absolute Gasteiger partial charge is 0.242 e. The van der Waals surface area contributed by atoms with E-state index in [0.29, 0.717) is 26.2 Å². The molecule has 0 spiro atoms. The van der Waals surface area contributed by atoms with Gasteiger partial charge >= 0.3 is 0 Å². The molecule has 0 radical (unpaired) electrons. The number of imidazole rings is 1. The predicted octanol–water partition coefficient (Wildman–Crippen LogP) is 0.319. The quantitative estimate of drug-likeness (QED) is 0.788. The molecule has 124 valence electrons. The molecule has 2 rings (SSSR count). The lowest BCUT2D eigenvalue weighted by molar-refractivity contribution is -0.133. The molecule has 0 N–H and O–H groups in total. The number of hydrogen-bond acceptors (Lipinski definition) is 6. The first-order valence-electron chi connectivity index (χ1n) is 7.78. The molecular formula is C16H19N7O. The lowest BCUT2D eigenvalue weighted by Crippen LogP contribution is -2.53. The van der Waals surface area contributed by atoms with Crippen molar-refractivity contribution >= 4 is 5.91 Å². The largest absolute Gasteiger partial charge is 0.339 e. The summed E-state index contributed by atoms with van der Waals surface area (Å²) in [6.07, 6.45) is 1.34. The van der Waals surface area contributed by atoms with E-state index in [1.165, 1.54) is 10.9 Å². The van der Waals surface area contributed by atoms with E-state index in [1.807, 2.05) is 26.0 Å². The second-order valence-corrected chi connectivity index (χ2v) is 6.03. The molecular weight excluding hydrogens is 306 g/mol. The average Bonchev–Trinajstić information content (AvgIpc) is 2.97. The Hall–Kier alpha value is -2.89. The van der Waals surface area contributed by atoms with E-state index in [-0.39, 0.29) is 35.8 Å². The normalized spacial score (nSPS) is 16.2. The van der Waals surface area contributed by atoms with Gasteiger partial charge in [-0.1, -0.05) is 13.8 Å². The molecule has 1 aromatic rings. The summed E-state index contributed by atoms with van der Waals surface area (Å²) in [6, 6.07) is 5.93. The molecule has 8 heteroatoms. The van der Waals surface area contributed by atoms with Crippen LogP contribution in [0.25, 0.3) is 0 Å². The molecule has 1 amide bonds. The van der Waals surface area contributed by atoms with Crippen molar-refractivity contribution in [3.8, 4) is 18.2 Å². The van der Waals surface area contributed by atoms with Gasteiger partial charge in [-0.15, -0.1) is 0 Å². The Balaban J connectivity index is 1.97. The van der Waals surface area contributed by atoms with Crippen LogP contribution in [0, 0.1) is 39.9 Å². The summed E-state index contributed by atoms with van der Waals surface area (Å²) in [5, 5.41) is 27.2. The van der Waals surface area contributed by atoms with Crippen LogP contribution in [-0.2, 0) is 11.3 Å². The minimum atomic E-state index is -0.140. The SMILES string of the molecule is CC(C)[C@@H](C#N)N1CCN(C(=O)Cn2cnc(C#N)c2C#N)CC1. The number of nitriles is 3. The van der Waals surface area contributed by atoms with Gasteiger partial charge < -0.3 is 9.47 Å². The van der Waals surface area contributed by atoms with Gasteiger partial charge in [0.1, 0.15) is 24.7 Å². The number of carbonyl (C=O) groups is 1. The van der Waals surface area contributed by atoms with Gasteiger partial charge in [-0.25, -0.2) is 4.98 Å². The van der Waals surface area contributed by atoms with Gasteiger partial charge in [0.2, 0.25) is 5.91 Å². The zero-order chi connectivity index (χ0) is 17.7. The topological polar surface area (TPSA) is 113 Å². The second kappa shape index (κ2) is 7.59.